The van der Waals surface area contributed by atoms with Gasteiger partial charge in [-0.3, -0.25) is 0 Å². The van der Waals surface area contributed by atoms with E-state index in [0.29, 0.717) is 11.6 Å². The zero-order valence-electron chi connectivity index (χ0n) is 12.5. The largest absolute Gasteiger partial charge is 0.390 e. The van der Waals surface area contributed by atoms with Gasteiger partial charge in [-0.15, -0.1) is 0 Å². The van der Waals surface area contributed by atoms with Gasteiger partial charge in [-0.2, -0.15) is 0 Å². The zero-order chi connectivity index (χ0) is 15.5. The van der Waals surface area contributed by atoms with E-state index < -0.39 is 0 Å². The summed E-state index contributed by atoms with van der Waals surface area (Å²) in [7, 11) is 0. The number of aliphatic hydroxyl groups is 1. The third-order valence-electron chi connectivity index (χ3n) is 4.00. The monoisotopic (exact) mass is 318 g/mol. The Hall–Kier alpha value is -1.85. The number of aromatic nitrogens is 2. The van der Waals surface area contributed by atoms with Crippen molar-refractivity contribution in [2.75, 3.05) is 36.0 Å². The quantitative estimate of drug-likeness (QED) is 0.940. The lowest BCUT2D eigenvalue weighted by Gasteiger charge is -2.37. The molecule has 1 N–H and O–H groups in total. The molecule has 2 aromatic rings. The molecular weight excluding hydrogens is 300 g/mol. The Bertz CT molecular complexity index is 656. The summed E-state index contributed by atoms with van der Waals surface area (Å²) < 4.78 is 0. The van der Waals surface area contributed by atoms with Gasteiger partial charge in [-0.1, -0.05) is 17.7 Å². The van der Waals surface area contributed by atoms with E-state index in [1.807, 2.05) is 12.1 Å². The molecule has 22 heavy (non-hydrogen) atoms. The molecule has 0 unspecified atom stereocenters. The maximum atomic E-state index is 9.18. The predicted molar refractivity (Wildman–Crippen MR) is 88.6 cm³/mol. The smallest absolute Gasteiger partial charge is 0.225 e. The highest BCUT2D eigenvalue weighted by molar-refractivity contribution is 6.31. The van der Waals surface area contributed by atoms with Gasteiger partial charge in [-0.25, -0.2) is 9.97 Å². The third kappa shape index (κ3) is 3.00. The summed E-state index contributed by atoms with van der Waals surface area (Å²) in [4.78, 5) is 13.2. The summed E-state index contributed by atoms with van der Waals surface area (Å²) in [5.41, 5.74) is 2.96. The van der Waals surface area contributed by atoms with E-state index in [1.165, 1.54) is 5.69 Å². The molecule has 0 amide bonds. The minimum atomic E-state index is -0.0583. The Morgan fingerprint density at radius 3 is 2.59 bits per heavy atom. The van der Waals surface area contributed by atoms with Crippen molar-refractivity contribution in [3.05, 3.63) is 46.7 Å². The van der Waals surface area contributed by atoms with Crippen LogP contribution < -0.4 is 9.80 Å². The van der Waals surface area contributed by atoms with Crippen LogP contribution in [0.1, 0.15) is 11.3 Å². The molecule has 1 fully saturated rings. The number of hydrogen-bond donors (Lipinski definition) is 1. The number of benzene rings is 1. The van der Waals surface area contributed by atoms with Crippen LogP contribution in [-0.2, 0) is 6.61 Å². The lowest BCUT2D eigenvalue weighted by molar-refractivity contribution is 0.276. The van der Waals surface area contributed by atoms with Crippen molar-refractivity contribution < 1.29 is 5.11 Å². The maximum Gasteiger partial charge on any atom is 0.225 e. The normalized spacial score (nSPS) is 15.2. The van der Waals surface area contributed by atoms with Crippen LogP contribution in [0.25, 0.3) is 0 Å². The summed E-state index contributed by atoms with van der Waals surface area (Å²) >= 11 is 6.21. The summed E-state index contributed by atoms with van der Waals surface area (Å²) in [5.74, 6) is 0.689. The fourth-order valence-corrected chi connectivity index (χ4v) is 2.88. The van der Waals surface area contributed by atoms with Crippen LogP contribution in [0.15, 0.2) is 30.5 Å². The lowest BCUT2D eigenvalue weighted by Crippen LogP contribution is -2.47. The van der Waals surface area contributed by atoms with Crippen molar-refractivity contribution in [3.63, 3.8) is 0 Å². The first-order chi connectivity index (χ1) is 10.7. The Kier molecular flexibility index (Phi) is 4.45. The van der Waals surface area contributed by atoms with E-state index in [4.69, 9.17) is 11.6 Å². The van der Waals surface area contributed by atoms with E-state index >= 15 is 0 Å². The summed E-state index contributed by atoms with van der Waals surface area (Å²) in [6.07, 6.45) is 1.70. The summed E-state index contributed by atoms with van der Waals surface area (Å²) in [6, 6.07) is 7.75. The second kappa shape index (κ2) is 6.50. The van der Waals surface area contributed by atoms with Crippen LogP contribution in [0.2, 0.25) is 5.02 Å². The van der Waals surface area contributed by atoms with Crippen molar-refractivity contribution >= 4 is 23.2 Å². The number of aliphatic hydroxyl groups excluding tert-OH is 1. The molecule has 0 aliphatic carbocycles. The molecule has 6 heteroatoms. The Morgan fingerprint density at radius 1 is 1.14 bits per heavy atom. The minimum Gasteiger partial charge on any atom is -0.390 e. The van der Waals surface area contributed by atoms with E-state index in [-0.39, 0.29) is 6.61 Å². The van der Waals surface area contributed by atoms with Crippen LogP contribution in [0.5, 0.6) is 0 Å². The lowest BCUT2D eigenvalue weighted by atomic mass is 10.1. The Morgan fingerprint density at radius 2 is 1.86 bits per heavy atom. The van der Waals surface area contributed by atoms with Crippen molar-refractivity contribution in [2.24, 2.45) is 0 Å². The first-order valence-corrected chi connectivity index (χ1v) is 7.74. The highest BCUT2D eigenvalue weighted by Crippen LogP contribution is 2.27. The van der Waals surface area contributed by atoms with Gasteiger partial charge in [-0.05, 0) is 30.7 Å². The van der Waals surface area contributed by atoms with E-state index in [1.54, 1.807) is 12.3 Å². The van der Waals surface area contributed by atoms with Gasteiger partial charge in [0.1, 0.15) is 0 Å². The molecule has 1 aliphatic heterocycles. The number of rotatable bonds is 3. The highest BCUT2D eigenvalue weighted by Gasteiger charge is 2.20. The summed E-state index contributed by atoms with van der Waals surface area (Å²) in [5, 5.41) is 9.98. The molecule has 2 heterocycles. The first kappa shape index (κ1) is 15.1. The van der Waals surface area contributed by atoms with Gasteiger partial charge in [0.05, 0.1) is 12.3 Å². The molecule has 0 radical (unpaired) electrons. The van der Waals surface area contributed by atoms with Crippen LogP contribution >= 0.6 is 11.6 Å². The van der Waals surface area contributed by atoms with Crippen LogP contribution in [0.3, 0.4) is 0 Å². The number of halogens is 1. The van der Waals surface area contributed by atoms with Crippen LogP contribution in [0.4, 0.5) is 11.6 Å². The Balaban J connectivity index is 1.71. The SMILES string of the molecule is Cc1c(Cl)cccc1N1CCN(c2nccc(CO)n2)CC1. The van der Waals surface area contributed by atoms with Crippen molar-refractivity contribution in [2.45, 2.75) is 13.5 Å². The fraction of sp³-hybridized carbons (Fsp3) is 0.375. The first-order valence-electron chi connectivity index (χ1n) is 7.37. The maximum absolute atomic E-state index is 9.18. The van der Waals surface area contributed by atoms with Crippen molar-refractivity contribution in [3.8, 4) is 0 Å². The fourth-order valence-electron chi connectivity index (χ4n) is 2.71. The molecule has 0 atom stereocenters. The second-order valence-electron chi connectivity index (χ2n) is 5.36. The van der Waals surface area contributed by atoms with E-state index in [0.717, 1.165) is 36.8 Å². The summed E-state index contributed by atoms with van der Waals surface area (Å²) in [6.45, 7) is 5.48. The van der Waals surface area contributed by atoms with Crippen molar-refractivity contribution in [1.29, 1.82) is 0 Å². The standard InChI is InChI=1S/C16H19ClN4O/c1-12-14(17)3-2-4-15(12)20-7-9-21(10-8-20)16-18-6-5-13(11-22)19-16/h2-6,22H,7-11H2,1H3. The number of anilines is 2. The van der Waals surface area contributed by atoms with Gasteiger partial charge in [0.25, 0.3) is 0 Å². The number of hydrogen-bond acceptors (Lipinski definition) is 5. The molecule has 0 bridgehead atoms. The Labute approximate surface area is 135 Å². The molecule has 116 valence electrons. The topological polar surface area (TPSA) is 52.5 Å². The molecular formula is C16H19ClN4O. The third-order valence-corrected chi connectivity index (χ3v) is 4.41. The van der Waals surface area contributed by atoms with Crippen LogP contribution in [-0.4, -0.2) is 41.3 Å². The molecule has 1 aromatic carbocycles. The second-order valence-corrected chi connectivity index (χ2v) is 5.77. The molecule has 0 saturated carbocycles. The van der Waals surface area contributed by atoms with Gasteiger partial charge >= 0.3 is 0 Å². The van der Waals surface area contributed by atoms with Crippen LogP contribution in [0, 0.1) is 6.92 Å². The van der Waals surface area contributed by atoms with Gasteiger partial charge < -0.3 is 14.9 Å². The number of nitrogens with zero attached hydrogens (tertiary/aromatic N) is 4. The number of piperazine rings is 1. The zero-order valence-corrected chi connectivity index (χ0v) is 13.3. The average Bonchev–Trinajstić information content (AvgIpc) is 2.58. The highest BCUT2D eigenvalue weighted by atomic mass is 35.5. The molecule has 1 aromatic heterocycles. The van der Waals surface area contributed by atoms with Gasteiger partial charge in [0.15, 0.2) is 0 Å². The van der Waals surface area contributed by atoms with Crippen molar-refractivity contribution in [1.82, 2.24) is 9.97 Å². The molecule has 0 spiro atoms. The molecule has 5 nitrogen and oxygen atoms in total. The predicted octanol–water partition coefficient (Wildman–Crippen LogP) is 2.26. The van der Waals surface area contributed by atoms with E-state index in [9.17, 15) is 5.11 Å². The average molecular weight is 319 g/mol. The minimum absolute atomic E-state index is 0.0583. The molecule has 1 aliphatic rings. The van der Waals surface area contributed by atoms with Gasteiger partial charge in [0.2, 0.25) is 5.95 Å². The molecule has 3 rings (SSSR count). The van der Waals surface area contributed by atoms with Gasteiger partial charge in [0, 0.05) is 43.1 Å². The van der Waals surface area contributed by atoms with E-state index in [2.05, 4.69) is 32.8 Å². The molecule has 1 saturated heterocycles.